The third kappa shape index (κ3) is 2.27. The van der Waals surface area contributed by atoms with Crippen LogP contribution in [0.5, 0.6) is 0 Å². The topological polar surface area (TPSA) is 70.0 Å². The SMILES string of the molecule is CC(NS(=O)(=O)C(C)C#N)C12CC3CC(CC(C3)C1)C2. The van der Waals surface area contributed by atoms with Gasteiger partial charge in [0.15, 0.2) is 5.25 Å². The van der Waals surface area contributed by atoms with Crippen LogP contribution in [-0.2, 0) is 10.0 Å². The Morgan fingerprint density at radius 1 is 1.10 bits per heavy atom. The lowest BCUT2D eigenvalue weighted by atomic mass is 9.48. The second-order valence-corrected chi connectivity index (χ2v) is 9.47. The van der Waals surface area contributed by atoms with Gasteiger partial charge in [-0.2, -0.15) is 5.26 Å². The normalized spacial score (nSPS) is 42.1. The molecule has 0 aromatic heterocycles. The molecule has 0 spiro atoms. The van der Waals surface area contributed by atoms with Crippen molar-refractivity contribution in [3.63, 3.8) is 0 Å². The van der Waals surface area contributed by atoms with Crippen molar-refractivity contribution >= 4 is 10.0 Å². The highest BCUT2D eigenvalue weighted by Crippen LogP contribution is 2.61. The minimum atomic E-state index is -3.51. The highest BCUT2D eigenvalue weighted by atomic mass is 32.2. The Bertz CT molecular complexity index is 499. The molecule has 0 saturated heterocycles. The molecule has 4 fully saturated rings. The van der Waals surface area contributed by atoms with Gasteiger partial charge in [0.25, 0.3) is 0 Å². The fraction of sp³-hybridized carbons (Fsp3) is 0.933. The van der Waals surface area contributed by atoms with Crippen LogP contribution >= 0.6 is 0 Å². The molecule has 4 bridgehead atoms. The number of sulfonamides is 1. The van der Waals surface area contributed by atoms with Crippen molar-refractivity contribution in [1.82, 2.24) is 4.72 Å². The van der Waals surface area contributed by atoms with Crippen molar-refractivity contribution in [3.8, 4) is 6.07 Å². The molecule has 0 amide bonds. The molecule has 4 rings (SSSR count). The fourth-order valence-electron chi connectivity index (χ4n) is 5.25. The quantitative estimate of drug-likeness (QED) is 0.866. The Hall–Kier alpha value is -0.600. The summed E-state index contributed by atoms with van der Waals surface area (Å²) in [7, 11) is -3.51. The second-order valence-electron chi connectivity index (χ2n) is 7.44. The van der Waals surface area contributed by atoms with E-state index in [9.17, 15) is 8.42 Å². The maximum Gasteiger partial charge on any atom is 0.227 e. The van der Waals surface area contributed by atoms with Gasteiger partial charge in [0.05, 0.1) is 6.07 Å². The zero-order valence-electron chi connectivity index (χ0n) is 12.3. The smallest absolute Gasteiger partial charge is 0.211 e. The summed E-state index contributed by atoms with van der Waals surface area (Å²) in [5.74, 6) is 2.42. The highest BCUT2D eigenvalue weighted by Gasteiger charge is 2.53. The van der Waals surface area contributed by atoms with E-state index in [0.29, 0.717) is 0 Å². The van der Waals surface area contributed by atoms with E-state index in [0.717, 1.165) is 17.8 Å². The summed E-state index contributed by atoms with van der Waals surface area (Å²) in [6, 6.07) is 1.79. The van der Waals surface area contributed by atoms with Gasteiger partial charge in [0, 0.05) is 6.04 Å². The third-order valence-corrected chi connectivity index (χ3v) is 7.71. The molecule has 2 unspecified atom stereocenters. The number of nitrogens with zero attached hydrogens (tertiary/aromatic N) is 1. The Kier molecular flexibility index (Phi) is 3.38. The lowest BCUT2D eigenvalue weighted by Crippen LogP contribution is -2.56. The molecule has 4 aliphatic rings. The van der Waals surface area contributed by atoms with Gasteiger partial charge >= 0.3 is 0 Å². The Balaban J connectivity index is 1.78. The molecule has 4 nitrogen and oxygen atoms in total. The molecule has 2 atom stereocenters. The summed E-state index contributed by atoms with van der Waals surface area (Å²) in [5, 5.41) is 7.87. The molecule has 0 radical (unpaired) electrons. The van der Waals surface area contributed by atoms with Gasteiger partial charge in [-0.25, -0.2) is 13.1 Å². The van der Waals surface area contributed by atoms with E-state index in [4.69, 9.17) is 5.26 Å². The summed E-state index contributed by atoms with van der Waals surface area (Å²) < 4.78 is 27.1. The van der Waals surface area contributed by atoms with Crippen molar-refractivity contribution in [2.24, 2.45) is 23.2 Å². The van der Waals surface area contributed by atoms with Gasteiger partial charge in [0.1, 0.15) is 0 Å². The zero-order chi connectivity index (χ0) is 14.5. The molecule has 0 heterocycles. The van der Waals surface area contributed by atoms with Crippen molar-refractivity contribution in [2.75, 3.05) is 0 Å². The van der Waals surface area contributed by atoms with Gasteiger partial charge in [0.2, 0.25) is 10.0 Å². The van der Waals surface area contributed by atoms with Crippen LogP contribution in [0.3, 0.4) is 0 Å². The van der Waals surface area contributed by atoms with Crippen LogP contribution in [0.25, 0.3) is 0 Å². The first-order valence-electron chi connectivity index (χ1n) is 7.75. The first kappa shape index (κ1) is 14.3. The molecule has 1 N–H and O–H groups in total. The first-order valence-corrected chi connectivity index (χ1v) is 9.30. The van der Waals surface area contributed by atoms with Crippen LogP contribution in [0, 0.1) is 34.5 Å². The van der Waals surface area contributed by atoms with Gasteiger partial charge in [-0.05, 0) is 75.5 Å². The lowest BCUT2D eigenvalue weighted by molar-refractivity contribution is -0.0666. The van der Waals surface area contributed by atoms with E-state index in [1.165, 1.54) is 45.4 Å². The van der Waals surface area contributed by atoms with Gasteiger partial charge in [-0.3, -0.25) is 0 Å². The molecule has 0 aromatic carbocycles. The van der Waals surface area contributed by atoms with Crippen molar-refractivity contribution in [2.45, 2.75) is 63.7 Å². The number of rotatable bonds is 4. The molecule has 0 aromatic rings. The molecule has 5 heteroatoms. The van der Waals surface area contributed by atoms with Crippen LogP contribution < -0.4 is 4.72 Å². The standard InChI is InChI=1S/C15H24N2O2S/c1-10(9-16)20(18,19)17-11(2)15-6-12-3-13(7-15)5-14(4-12)8-15/h10-14,17H,3-8H2,1-2H3. The predicted molar refractivity (Wildman–Crippen MR) is 77.2 cm³/mol. The summed E-state index contributed by atoms with van der Waals surface area (Å²) in [6.45, 7) is 3.46. The minimum Gasteiger partial charge on any atom is -0.211 e. The highest BCUT2D eigenvalue weighted by molar-refractivity contribution is 7.90. The lowest BCUT2D eigenvalue weighted by Gasteiger charge is -2.59. The summed E-state index contributed by atoms with van der Waals surface area (Å²) in [5.41, 5.74) is 0.150. The van der Waals surface area contributed by atoms with Crippen LogP contribution in [-0.4, -0.2) is 19.7 Å². The van der Waals surface area contributed by atoms with Gasteiger partial charge in [-0.1, -0.05) is 0 Å². The molecule has 4 aliphatic carbocycles. The van der Waals surface area contributed by atoms with Gasteiger partial charge in [-0.15, -0.1) is 0 Å². The Labute approximate surface area is 122 Å². The van der Waals surface area contributed by atoms with E-state index in [-0.39, 0.29) is 11.5 Å². The van der Waals surface area contributed by atoms with Crippen molar-refractivity contribution < 1.29 is 8.42 Å². The molecule has 0 aliphatic heterocycles. The number of hydrogen-bond donors (Lipinski definition) is 1. The third-order valence-electron chi connectivity index (χ3n) is 5.99. The van der Waals surface area contributed by atoms with E-state index < -0.39 is 15.3 Å². The zero-order valence-corrected chi connectivity index (χ0v) is 13.1. The summed E-state index contributed by atoms with van der Waals surface area (Å²) >= 11 is 0. The average molecular weight is 296 g/mol. The first-order chi connectivity index (χ1) is 9.34. The molecule has 112 valence electrons. The summed E-state index contributed by atoms with van der Waals surface area (Å²) in [4.78, 5) is 0. The van der Waals surface area contributed by atoms with Crippen LogP contribution in [0.15, 0.2) is 0 Å². The largest absolute Gasteiger partial charge is 0.227 e. The van der Waals surface area contributed by atoms with Crippen molar-refractivity contribution in [1.29, 1.82) is 5.26 Å². The van der Waals surface area contributed by atoms with Gasteiger partial charge < -0.3 is 0 Å². The maximum absolute atomic E-state index is 12.1. The molecular formula is C15H24N2O2S. The van der Waals surface area contributed by atoms with Crippen LogP contribution in [0.4, 0.5) is 0 Å². The molecular weight excluding hydrogens is 272 g/mol. The Morgan fingerprint density at radius 3 is 1.95 bits per heavy atom. The van der Waals surface area contributed by atoms with E-state index in [2.05, 4.69) is 4.72 Å². The average Bonchev–Trinajstić information content (AvgIpc) is 2.35. The monoisotopic (exact) mass is 296 g/mol. The van der Waals surface area contributed by atoms with Crippen molar-refractivity contribution in [3.05, 3.63) is 0 Å². The molecule has 4 saturated carbocycles. The summed E-state index contributed by atoms with van der Waals surface area (Å²) in [6.07, 6.45) is 7.57. The maximum atomic E-state index is 12.1. The number of nitrogens with one attached hydrogen (secondary N) is 1. The van der Waals surface area contributed by atoms with E-state index in [1.807, 2.05) is 13.0 Å². The fourth-order valence-corrected chi connectivity index (χ4v) is 6.34. The Morgan fingerprint density at radius 2 is 1.55 bits per heavy atom. The minimum absolute atomic E-state index is 0.0447. The molecule has 20 heavy (non-hydrogen) atoms. The second kappa shape index (κ2) is 4.71. The van der Waals surface area contributed by atoms with Crippen LogP contribution in [0.1, 0.15) is 52.4 Å². The predicted octanol–water partition coefficient (Wildman–Crippen LogP) is 2.42. The number of nitriles is 1. The van der Waals surface area contributed by atoms with E-state index >= 15 is 0 Å². The van der Waals surface area contributed by atoms with Crippen LogP contribution in [0.2, 0.25) is 0 Å². The number of hydrogen-bond acceptors (Lipinski definition) is 3. The van der Waals surface area contributed by atoms with E-state index in [1.54, 1.807) is 0 Å².